The lowest BCUT2D eigenvalue weighted by Gasteiger charge is -2.11. The van der Waals surface area contributed by atoms with Gasteiger partial charge in [0.25, 0.3) is 5.91 Å². The van der Waals surface area contributed by atoms with Crippen molar-refractivity contribution in [3.05, 3.63) is 118 Å². The Kier molecular flexibility index (Phi) is 6.84. The van der Waals surface area contributed by atoms with Crippen LogP contribution in [0.1, 0.15) is 16.8 Å². The van der Waals surface area contributed by atoms with Gasteiger partial charge in [0.2, 0.25) is 0 Å². The summed E-state index contributed by atoms with van der Waals surface area (Å²) in [4.78, 5) is 21.9. The van der Waals surface area contributed by atoms with Crippen molar-refractivity contribution in [3.8, 4) is 5.75 Å². The largest absolute Gasteiger partial charge is 0.487 e. The third kappa shape index (κ3) is 5.74. The zero-order valence-corrected chi connectivity index (χ0v) is 20.1. The molecule has 0 atom stereocenters. The van der Waals surface area contributed by atoms with E-state index in [0.29, 0.717) is 28.1 Å². The molecule has 0 spiro atoms. The Balaban J connectivity index is 1.35. The van der Waals surface area contributed by atoms with Crippen molar-refractivity contribution in [2.45, 2.75) is 6.61 Å². The number of thiazole rings is 1. The van der Waals surface area contributed by atoms with Crippen LogP contribution in [0.15, 0.2) is 96.5 Å². The van der Waals surface area contributed by atoms with Crippen LogP contribution < -0.4 is 10.1 Å². The van der Waals surface area contributed by atoms with Gasteiger partial charge in [-0.2, -0.15) is 0 Å². The summed E-state index contributed by atoms with van der Waals surface area (Å²) in [5.74, 6) is 0.443. The summed E-state index contributed by atoms with van der Waals surface area (Å²) in [5, 5.41) is 6.95. The van der Waals surface area contributed by atoms with Gasteiger partial charge in [-0.1, -0.05) is 60.1 Å². The first-order chi connectivity index (χ1) is 17.1. The minimum Gasteiger partial charge on any atom is -0.487 e. The third-order valence-corrected chi connectivity index (χ3v) is 6.23. The molecule has 2 heterocycles. The monoisotopic (exact) mass is 497 g/mol. The van der Waals surface area contributed by atoms with Crippen LogP contribution in [-0.2, 0) is 11.4 Å². The van der Waals surface area contributed by atoms with Crippen molar-refractivity contribution >= 4 is 56.5 Å². The number of hydrogen-bond acceptors (Lipinski definition) is 5. The fourth-order valence-electron chi connectivity index (χ4n) is 3.53. The second-order valence-electron chi connectivity index (χ2n) is 7.71. The molecule has 0 saturated carbocycles. The number of halogens is 1. The summed E-state index contributed by atoms with van der Waals surface area (Å²) in [7, 11) is 0. The summed E-state index contributed by atoms with van der Waals surface area (Å²) >= 11 is 7.38. The summed E-state index contributed by atoms with van der Waals surface area (Å²) in [6.45, 7) is 0.349. The highest BCUT2D eigenvalue weighted by Crippen LogP contribution is 2.25. The average Bonchev–Trinajstić information content (AvgIpc) is 3.40. The Hall–Kier alpha value is -4.00. The minimum absolute atomic E-state index is 0.246. The molecule has 5 nitrogen and oxygen atoms in total. The van der Waals surface area contributed by atoms with Crippen LogP contribution >= 0.6 is 22.9 Å². The lowest BCUT2D eigenvalue weighted by Crippen LogP contribution is -2.13. The molecule has 0 radical (unpaired) electrons. The summed E-state index contributed by atoms with van der Waals surface area (Å²) in [6.07, 6.45) is 3.48. The molecule has 1 amide bonds. The highest BCUT2D eigenvalue weighted by atomic mass is 35.5. The number of aromatic nitrogens is 2. The van der Waals surface area contributed by atoms with Crippen molar-refractivity contribution < 1.29 is 9.53 Å². The molecule has 5 aromatic rings. The minimum atomic E-state index is -0.246. The fraction of sp³-hybridized carbons (Fsp3) is 0.0357. The summed E-state index contributed by atoms with van der Waals surface area (Å²) in [5.41, 5.74) is 3.91. The van der Waals surface area contributed by atoms with E-state index in [0.717, 1.165) is 27.7 Å². The van der Waals surface area contributed by atoms with Crippen LogP contribution in [0.3, 0.4) is 0 Å². The highest BCUT2D eigenvalue weighted by Gasteiger charge is 2.14. The van der Waals surface area contributed by atoms with E-state index in [1.54, 1.807) is 18.3 Å². The van der Waals surface area contributed by atoms with Crippen LogP contribution in [0, 0.1) is 0 Å². The fourth-order valence-corrected chi connectivity index (χ4v) is 4.18. The van der Waals surface area contributed by atoms with Gasteiger partial charge >= 0.3 is 0 Å². The van der Waals surface area contributed by atoms with Crippen LogP contribution in [-0.4, -0.2) is 15.9 Å². The van der Waals surface area contributed by atoms with Crippen molar-refractivity contribution in [1.82, 2.24) is 9.97 Å². The van der Waals surface area contributed by atoms with Gasteiger partial charge < -0.3 is 4.74 Å². The van der Waals surface area contributed by atoms with E-state index in [-0.39, 0.29) is 5.91 Å². The number of rotatable bonds is 7. The number of carbonyl (C=O) groups excluding carboxylic acids is 1. The van der Waals surface area contributed by atoms with E-state index in [1.807, 2.05) is 84.3 Å². The van der Waals surface area contributed by atoms with E-state index in [2.05, 4.69) is 15.3 Å². The maximum atomic E-state index is 13.1. The second-order valence-corrected chi connectivity index (χ2v) is 9.04. The van der Waals surface area contributed by atoms with Crippen molar-refractivity contribution in [3.63, 3.8) is 0 Å². The molecule has 2 aromatic heterocycles. The van der Waals surface area contributed by atoms with Gasteiger partial charge in [0.1, 0.15) is 12.4 Å². The highest BCUT2D eigenvalue weighted by molar-refractivity contribution is 7.13. The van der Waals surface area contributed by atoms with E-state index in [9.17, 15) is 4.79 Å². The van der Waals surface area contributed by atoms with Crippen molar-refractivity contribution in [2.75, 3.05) is 5.32 Å². The second kappa shape index (κ2) is 10.5. The zero-order valence-electron chi connectivity index (χ0n) is 18.5. The lowest BCUT2D eigenvalue weighted by atomic mass is 10.0. The Morgan fingerprint density at radius 1 is 0.971 bits per heavy atom. The number of hydrogen-bond donors (Lipinski definition) is 1. The SMILES string of the molecule is O=C(Nc1nccs1)/C(=C/c1ccc(Cl)cc1)c1ccc(OCc2ccc3ccccc3n2)cc1. The van der Waals surface area contributed by atoms with Crippen LogP contribution in [0.25, 0.3) is 22.6 Å². The van der Waals surface area contributed by atoms with Crippen molar-refractivity contribution in [1.29, 1.82) is 0 Å². The molecule has 7 heteroatoms. The predicted molar refractivity (Wildman–Crippen MR) is 143 cm³/mol. The smallest absolute Gasteiger partial charge is 0.258 e. The molecular formula is C28H20ClN3O2S. The Labute approximate surface area is 211 Å². The van der Waals surface area contributed by atoms with Gasteiger partial charge in [0, 0.05) is 27.6 Å². The maximum Gasteiger partial charge on any atom is 0.258 e. The molecule has 0 fully saturated rings. The molecule has 0 unspecified atom stereocenters. The van der Waals surface area contributed by atoms with Gasteiger partial charge in [-0.3, -0.25) is 10.1 Å². The number of nitrogens with one attached hydrogen (secondary N) is 1. The average molecular weight is 498 g/mol. The first-order valence-corrected chi connectivity index (χ1v) is 12.2. The number of benzene rings is 3. The number of ether oxygens (including phenoxy) is 1. The predicted octanol–water partition coefficient (Wildman–Crippen LogP) is 7.10. The summed E-state index contributed by atoms with van der Waals surface area (Å²) < 4.78 is 5.95. The number of amides is 1. The Bertz CT molecular complexity index is 1480. The van der Waals surface area contributed by atoms with E-state index < -0.39 is 0 Å². The number of pyridine rings is 1. The van der Waals surface area contributed by atoms with Crippen LogP contribution in [0.4, 0.5) is 5.13 Å². The van der Waals surface area contributed by atoms with Gasteiger partial charge in [-0.05, 0) is 53.6 Å². The molecule has 35 heavy (non-hydrogen) atoms. The maximum absolute atomic E-state index is 13.1. The topological polar surface area (TPSA) is 64.1 Å². The van der Waals surface area contributed by atoms with E-state index in [4.69, 9.17) is 16.3 Å². The van der Waals surface area contributed by atoms with E-state index in [1.165, 1.54) is 11.3 Å². The molecule has 0 aliphatic rings. The zero-order chi connectivity index (χ0) is 24.0. The molecular weight excluding hydrogens is 478 g/mol. The van der Waals surface area contributed by atoms with Gasteiger partial charge in [0.15, 0.2) is 5.13 Å². The first-order valence-electron chi connectivity index (χ1n) is 10.9. The van der Waals surface area contributed by atoms with Gasteiger partial charge in [-0.15, -0.1) is 11.3 Å². The molecule has 1 N–H and O–H groups in total. The third-order valence-electron chi connectivity index (χ3n) is 5.29. The van der Waals surface area contributed by atoms with Crippen LogP contribution in [0.2, 0.25) is 5.02 Å². The van der Waals surface area contributed by atoms with Crippen molar-refractivity contribution in [2.24, 2.45) is 0 Å². The number of carbonyl (C=O) groups is 1. The molecule has 172 valence electrons. The molecule has 5 rings (SSSR count). The standard InChI is InChI=1S/C28H20ClN3O2S/c29-22-10-5-19(6-11-22)17-25(27(33)32-28-30-15-16-35-28)20-8-13-24(14-9-20)34-18-23-12-7-21-3-1-2-4-26(21)31-23/h1-17H,18H2,(H,30,32,33)/b25-17+. The molecule has 0 aliphatic carbocycles. The number of fused-ring (bicyclic) bond motifs is 1. The van der Waals surface area contributed by atoms with E-state index >= 15 is 0 Å². The van der Waals surface area contributed by atoms with Crippen LogP contribution in [0.5, 0.6) is 5.75 Å². The molecule has 0 saturated heterocycles. The molecule has 3 aromatic carbocycles. The van der Waals surface area contributed by atoms with Gasteiger partial charge in [-0.25, -0.2) is 9.97 Å². The normalized spacial score (nSPS) is 11.4. The number of nitrogens with zero attached hydrogens (tertiary/aromatic N) is 2. The van der Waals surface area contributed by atoms with Gasteiger partial charge in [0.05, 0.1) is 11.2 Å². The summed E-state index contributed by atoms with van der Waals surface area (Å²) in [6, 6.07) is 26.7. The quantitative estimate of drug-likeness (QED) is 0.192. The molecule has 0 bridgehead atoms. The molecule has 0 aliphatic heterocycles. The Morgan fingerprint density at radius 2 is 1.77 bits per heavy atom. The first kappa shape index (κ1) is 22.8. The Morgan fingerprint density at radius 3 is 2.54 bits per heavy atom. The number of anilines is 1. The lowest BCUT2D eigenvalue weighted by molar-refractivity contribution is -0.111. The number of para-hydroxylation sites is 1.